The summed E-state index contributed by atoms with van der Waals surface area (Å²) >= 11 is 0. The maximum Gasteiger partial charge on any atom is 0.100 e. The monoisotopic (exact) mass is 651 g/mol. The van der Waals surface area contributed by atoms with Crippen LogP contribution in [0.25, 0.3) is 67.2 Å². The maximum absolute atomic E-state index is 10.8. The average Bonchev–Trinajstić information content (AvgIpc) is 3.58. The molecule has 5 aromatic carbocycles. The van der Waals surface area contributed by atoms with Gasteiger partial charge in [0.25, 0.3) is 0 Å². The van der Waals surface area contributed by atoms with Crippen LogP contribution in [0, 0.1) is 34.0 Å². The normalized spacial score (nSPS) is 15.1. The molecule has 2 aliphatic rings. The highest BCUT2D eigenvalue weighted by Crippen LogP contribution is 2.41. The minimum atomic E-state index is 0.0798. The first-order valence-corrected chi connectivity index (χ1v) is 17.0. The largest absolute Gasteiger partial charge is 0.333 e. The van der Waals surface area contributed by atoms with Gasteiger partial charge in [-0.3, -0.25) is 0 Å². The molecule has 7 aromatic rings. The molecular formula is C46H29N5. The first-order valence-electron chi connectivity index (χ1n) is 17.0. The van der Waals surface area contributed by atoms with Gasteiger partial charge in [-0.1, -0.05) is 103 Å². The van der Waals surface area contributed by atoms with Crippen molar-refractivity contribution in [2.45, 2.75) is 18.9 Å². The van der Waals surface area contributed by atoms with Gasteiger partial charge in [-0.2, -0.15) is 15.8 Å². The van der Waals surface area contributed by atoms with E-state index >= 15 is 0 Å². The topological polar surface area (TPSA) is 81.2 Å². The van der Waals surface area contributed by atoms with Gasteiger partial charge in [0.1, 0.15) is 6.07 Å². The van der Waals surface area contributed by atoms with Crippen molar-refractivity contribution in [1.29, 1.82) is 15.8 Å². The van der Waals surface area contributed by atoms with Crippen molar-refractivity contribution < 1.29 is 0 Å². The van der Waals surface area contributed by atoms with Gasteiger partial charge in [-0.15, -0.1) is 0 Å². The summed E-state index contributed by atoms with van der Waals surface area (Å²) in [5, 5.41) is 33.6. The van der Waals surface area contributed by atoms with Gasteiger partial charge in [-0.05, 0) is 60.0 Å². The molecule has 2 aliphatic carbocycles. The molecule has 0 saturated heterocycles. The van der Waals surface area contributed by atoms with Crippen molar-refractivity contribution >= 4 is 50.4 Å². The molecule has 2 aromatic heterocycles. The zero-order chi connectivity index (χ0) is 34.5. The van der Waals surface area contributed by atoms with E-state index in [0.29, 0.717) is 23.1 Å². The summed E-state index contributed by atoms with van der Waals surface area (Å²) in [5.41, 5.74) is 12.0. The fourth-order valence-electron chi connectivity index (χ4n) is 7.93. The Morgan fingerprint density at radius 1 is 0.627 bits per heavy atom. The molecule has 0 aliphatic heterocycles. The lowest BCUT2D eigenvalue weighted by Crippen LogP contribution is -2.08. The maximum atomic E-state index is 10.8. The van der Waals surface area contributed by atoms with Crippen LogP contribution >= 0.6 is 0 Å². The standard InChI is InChI=1S/C46H29N5/c47-27-30-9-7-15-38-37-11-2-6-18-44(37)51(46(38)26-30)43-17-5-1-10-36(43)35-14-8-13-34(41(35)29-49)32-20-22-33(23-21-32)50-42-16-4-3-12-39(42)40-25-31(28-48)19-24-45(40)50/h1-8,10-22,24-26,33H,9,23H2. The molecule has 51 heavy (non-hydrogen) atoms. The second kappa shape index (κ2) is 12.1. The average molecular weight is 652 g/mol. The highest BCUT2D eigenvalue weighted by Gasteiger charge is 2.23. The van der Waals surface area contributed by atoms with E-state index in [1.54, 1.807) is 0 Å². The number of nitrogens with zero attached hydrogens (tertiary/aromatic N) is 5. The Bertz CT molecular complexity index is 2850. The van der Waals surface area contributed by atoms with Crippen LogP contribution in [0.2, 0.25) is 0 Å². The van der Waals surface area contributed by atoms with Crippen molar-refractivity contribution in [3.63, 3.8) is 0 Å². The Labute approximate surface area is 295 Å². The molecule has 5 nitrogen and oxygen atoms in total. The third-order valence-electron chi connectivity index (χ3n) is 10.2. The number of aromatic nitrogens is 2. The first kappa shape index (κ1) is 30.0. The molecule has 5 heteroatoms. The van der Waals surface area contributed by atoms with Crippen LogP contribution in [0.3, 0.4) is 0 Å². The molecule has 0 bridgehead atoms. The summed E-state index contributed by atoms with van der Waals surface area (Å²) < 4.78 is 4.59. The highest BCUT2D eigenvalue weighted by atomic mass is 15.0. The SMILES string of the molecule is N#CC1=Cc2c(c3ccccc3n2-c2ccccc2-c2cccc(C3=CCC(n4c5ccccc5c5cc(C#N)ccc54)C=C3)c2C#N)C=CC1. The molecule has 2 heterocycles. The van der Waals surface area contributed by atoms with Crippen molar-refractivity contribution in [3.05, 3.63) is 167 Å². The fraction of sp³-hybridized carbons (Fsp3) is 0.0652. The van der Waals surface area contributed by atoms with Gasteiger partial charge in [0, 0.05) is 55.9 Å². The number of fused-ring (bicyclic) bond motifs is 6. The summed E-state index contributed by atoms with van der Waals surface area (Å²) in [6.45, 7) is 0. The summed E-state index contributed by atoms with van der Waals surface area (Å²) in [5.74, 6) is 0. The van der Waals surface area contributed by atoms with Crippen LogP contribution < -0.4 is 0 Å². The summed E-state index contributed by atoms with van der Waals surface area (Å²) in [4.78, 5) is 0. The Balaban J connectivity index is 1.15. The molecule has 1 atom stereocenters. The zero-order valence-electron chi connectivity index (χ0n) is 27.6. The van der Waals surface area contributed by atoms with E-state index < -0.39 is 0 Å². The Morgan fingerprint density at radius 3 is 2.18 bits per heavy atom. The molecule has 0 radical (unpaired) electrons. The molecule has 1 unspecified atom stereocenters. The molecule has 0 fully saturated rings. The van der Waals surface area contributed by atoms with Gasteiger partial charge >= 0.3 is 0 Å². The van der Waals surface area contributed by atoms with Gasteiger partial charge in [0.2, 0.25) is 0 Å². The van der Waals surface area contributed by atoms with Gasteiger partial charge in [-0.25, -0.2) is 0 Å². The fourth-order valence-corrected chi connectivity index (χ4v) is 7.93. The van der Waals surface area contributed by atoms with Crippen LogP contribution in [0.15, 0.2) is 139 Å². The van der Waals surface area contributed by atoms with Crippen molar-refractivity contribution in [1.82, 2.24) is 9.13 Å². The van der Waals surface area contributed by atoms with Gasteiger partial charge in [0.15, 0.2) is 0 Å². The number of nitriles is 3. The van der Waals surface area contributed by atoms with Crippen molar-refractivity contribution in [3.8, 4) is 35.0 Å². The quantitative estimate of drug-likeness (QED) is 0.190. The third kappa shape index (κ3) is 4.74. The number of rotatable bonds is 4. The van der Waals surface area contributed by atoms with Crippen LogP contribution in [-0.2, 0) is 0 Å². The van der Waals surface area contributed by atoms with E-state index in [4.69, 9.17) is 0 Å². The highest BCUT2D eigenvalue weighted by molar-refractivity contribution is 6.08. The Morgan fingerprint density at radius 2 is 1.37 bits per heavy atom. The number of para-hydroxylation sites is 3. The second-order valence-corrected chi connectivity index (χ2v) is 12.9. The minimum Gasteiger partial charge on any atom is -0.333 e. The molecular weight excluding hydrogens is 623 g/mol. The molecule has 0 N–H and O–H groups in total. The predicted molar refractivity (Wildman–Crippen MR) is 206 cm³/mol. The van der Waals surface area contributed by atoms with E-state index in [2.05, 4.69) is 106 Å². The van der Waals surface area contributed by atoms with Gasteiger partial charge in [0.05, 0.1) is 46.2 Å². The van der Waals surface area contributed by atoms with Crippen LogP contribution in [0.4, 0.5) is 0 Å². The van der Waals surface area contributed by atoms with Crippen molar-refractivity contribution in [2.75, 3.05) is 0 Å². The van der Waals surface area contributed by atoms with E-state index in [-0.39, 0.29) is 6.04 Å². The molecule has 9 rings (SSSR count). The summed E-state index contributed by atoms with van der Waals surface area (Å²) in [6.07, 6.45) is 14.1. The van der Waals surface area contributed by atoms with E-state index in [1.165, 1.54) is 0 Å². The van der Waals surface area contributed by atoms with E-state index in [9.17, 15) is 15.8 Å². The summed E-state index contributed by atoms with van der Waals surface area (Å²) in [7, 11) is 0. The lowest BCUT2D eigenvalue weighted by atomic mass is 9.89. The molecule has 0 saturated carbocycles. The molecule has 0 amide bonds. The summed E-state index contributed by atoms with van der Waals surface area (Å²) in [6, 6.07) is 44.3. The zero-order valence-corrected chi connectivity index (χ0v) is 27.6. The number of allylic oxidation sites excluding steroid dienone is 6. The molecule has 0 spiro atoms. The number of benzene rings is 5. The number of hydrogen-bond donors (Lipinski definition) is 0. The van der Waals surface area contributed by atoms with E-state index in [1.807, 2.05) is 66.7 Å². The van der Waals surface area contributed by atoms with Crippen LogP contribution in [0.5, 0.6) is 0 Å². The smallest absolute Gasteiger partial charge is 0.100 e. The van der Waals surface area contributed by atoms with Crippen LogP contribution in [-0.4, -0.2) is 9.13 Å². The third-order valence-corrected chi connectivity index (χ3v) is 10.2. The number of hydrogen-bond acceptors (Lipinski definition) is 3. The predicted octanol–water partition coefficient (Wildman–Crippen LogP) is 11.1. The van der Waals surface area contributed by atoms with E-state index in [0.717, 1.165) is 78.3 Å². The lowest BCUT2D eigenvalue weighted by Gasteiger charge is -2.22. The second-order valence-electron chi connectivity index (χ2n) is 12.9. The van der Waals surface area contributed by atoms with Crippen LogP contribution in [0.1, 0.15) is 46.8 Å². The first-order chi connectivity index (χ1) is 25.2. The Kier molecular flexibility index (Phi) is 7.10. The lowest BCUT2D eigenvalue weighted by molar-refractivity contribution is 0.649. The van der Waals surface area contributed by atoms with Crippen molar-refractivity contribution in [2.24, 2.45) is 0 Å². The van der Waals surface area contributed by atoms with Gasteiger partial charge < -0.3 is 9.13 Å². The molecule has 238 valence electrons. The minimum absolute atomic E-state index is 0.0798. The Hall–Kier alpha value is -7.13.